The van der Waals surface area contributed by atoms with Crippen LogP contribution < -0.4 is 5.32 Å². The van der Waals surface area contributed by atoms with Gasteiger partial charge in [-0.05, 0) is 37.1 Å². The van der Waals surface area contributed by atoms with E-state index in [0.29, 0.717) is 16.7 Å². The first kappa shape index (κ1) is 17.5. The van der Waals surface area contributed by atoms with Gasteiger partial charge in [0.25, 0.3) is 5.22 Å². The normalized spacial score (nSPS) is 15.0. The largest absolute Gasteiger partial charge is 0.478 e. The Kier molecular flexibility index (Phi) is 5.70. The predicted molar refractivity (Wildman–Crippen MR) is 92.4 cm³/mol. The molecule has 1 aromatic carbocycles. The van der Waals surface area contributed by atoms with Crippen molar-refractivity contribution in [3.63, 3.8) is 0 Å². The van der Waals surface area contributed by atoms with Crippen LogP contribution in [0.25, 0.3) is 11.5 Å². The fourth-order valence-corrected chi connectivity index (χ4v) is 3.36. The number of benzene rings is 1. The molecule has 0 unspecified atom stereocenters. The van der Waals surface area contributed by atoms with E-state index in [4.69, 9.17) is 9.52 Å². The summed E-state index contributed by atoms with van der Waals surface area (Å²) in [5, 5.41) is 20.1. The van der Waals surface area contributed by atoms with Crippen molar-refractivity contribution in [2.45, 2.75) is 43.4 Å². The van der Waals surface area contributed by atoms with Crippen LogP contribution in [-0.2, 0) is 4.79 Å². The minimum atomic E-state index is -0.989. The Labute approximate surface area is 149 Å². The molecular weight excluding hydrogens is 342 g/mol. The lowest BCUT2D eigenvalue weighted by Gasteiger charge is -2.22. The number of carboxylic acid groups (broad SMARTS) is 1. The van der Waals surface area contributed by atoms with E-state index < -0.39 is 5.97 Å². The first-order valence-electron chi connectivity index (χ1n) is 8.21. The zero-order valence-corrected chi connectivity index (χ0v) is 14.4. The number of carbonyl (C=O) groups is 2. The number of thioether (sulfide) groups is 1. The van der Waals surface area contributed by atoms with Crippen LogP contribution in [0.4, 0.5) is 0 Å². The van der Waals surface area contributed by atoms with Crippen LogP contribution in [0.1, 0.15) is 42.5 Å². The number of carbonyl (C=O) groups excluding carboxylic acids is 1. The molecule has 1 aliphatic rings. The van der Waals surface area contributed by atoms with Gasteiger partial charge in [-0.15, -0.1) is 10.2 Å². The molecular formula is C17H19N3O4S. The van der Waals surface area contributed by atoms with Gasteiger partial charge in [-0.3, -0.25) is 4.79 Å². The molecule has 1 heterocycles. The molecule has 1 fully saturated rings. The summed E-state index contributed by atoms with van der Waals surface area (Å²) < 4.78 is 5.52. The van der Waals surface area contributed by atoms with E-state index in [1.807, 2.05) is 0 Å². The van der Waals surface area contributed by atoms with Crippen molar-refractivity contribution in [1.82, 2.24) is 15.5 Å². The van der Waals surface area contributed by atoms with Gasteiger partial charge in [0.15, 0.2) is 0 Å². The van der Waals surface area contributed by atoms with Crippen molar-refractivity contribution >= 4 is 23.6 Å². The molecule has 0 saturated heterocycles. The van der Waals surface area contributed by atoms with Crippen LogP contribution >= 0.6 is 11.8 Å². The van der Waals surface area contributed by atoms with Crippen LogP contribution in [-0.4, -0.2) is 39.0 Å². The Balaban J connectivity index is 1.52. The highest BCUT2D eigenvalue weighted by Gasteiger charge is 2.17. The van der Waals surface area contributed by atoms with Gasteiger partial charge in [0.2, 0.25) is 11.8 Å². The van der Waals surface area contributed by atoms with Gasteiger partial charge in [-0.2, -0.15) is 0 Å². The fourth-order valence-electron chi connectivity index (χ4n) is 2.78. The molecule has 0 radical (unpaired) electrons. The maximum atomic E-state index is 12.0. The lowest BCUT2D eigenvalue weighted by molar-refractivity contribution is -0.119. The van der Waals surface area contributed by atoms with Gasteiger partial charge in [0, 0.05) is 11.6 Å². The summed E-state index contributed by atoms with van der Waals surface area (Å²) in [5.74, 6) is -0.484. The Morgan fingerprint density at radius 2 is 1.88 bits per heavy atom. The van der Waals surface area contributed by atoms with Crippen molar-refractivity contribution in [1.29, 1.82) is 0 Å². The number of aromatic carboxylic acids is 1. The fraction of sp³-hybridized carbons (Fsp3) is 0.412. The maximum Gasteiger partial charge on any atom is 0.335 e. The molecule has 1 aromatic heterocycles. The average molecular weight is 361 g/mol. The molecule has 1 amide bonds. The van der Waals surface area contributed by atoms with E-state index in [0.717, 1.165) is 12.8 Å². The Hall–Kier alpha value is -2.35. The molecule has 0 atom stereocenters. The lowest BCUT2D eigenvalue weighted by Crippen LogP contribution is -2.37. The Morgan fingerprint density at radius 3 is 2.56 bits per heavy atom. The maximum absolute atomic E-state index is 12.0. The quantitative estimate of drug-likeness (QED) is 0.762. The molecule has 0 bridgehead atoms. The highest BCUT2D eigenvalue weighted by molar-refractivity contribution is 7.99. The van der Waals surface area contributed by atoms with E-state index in [9.17, 15) is 9.59 Å². The SMILES string of the molecule is O=C(CSc1nnc(-c2ccc(C(=O)O)cc2)o1)NC1CCCCC1. The highest BCUT2D eigenvalue weighted by Crippen LogP contribution is 2.24. The third-order valence-electron chi connectivity index (χ3n) is 4.08. The minimum absolute atomic E-state index is 0.0255. The van der Waals surface area contributed by atoms with E-state index in [-0.39, 0.29) is 23.3 Å². The molecule has 8 heteroatoms. The van der Waals surface area contributed by atoms with E-state index in [2.05, 4.69) is 15.5 Å². The smallest absolute Gasteiger partial charge is 0.335 e. The molecule has 7 nitrogen and oxygen atoms in total. The number of hydrogen-bond acceptors (Lipinski definition) is 6. The first-order chi connectivity index (χ1) is 12.1. The summed E-state index contributed by atoms with van der Waals surface area (Å²) in [7, 11) is 0. The zero-order chi connectivity index (χ0) is 17.6. The molecule has 132 valence electrons. The number of hydrogen-bond donors (Lipinski definition) is 2. The Bertz CT molecular complexity index is 739. The van der Waals surface area contributed by atoms with Gasteiger partial charge < -0.3 is 14.8 Å². The zero-order valence-electron chi connectivity index (χ0n) is 13.6. The van der Waals surface area contributed by atoms with Crippen LogP contribution in [0.15, 0.2) is 33.9 Å². The van der Waals surface area contributed by atoms with E-state index in [1.165, 1.54) is 43.2 Å². The molecule has 0 aliphatic heterocycles. The average Bonchev–Trinajstić information content (AvgIpc) is 3.10. The summed E-state index contributed by atoms with van der Waals surface area (Å²) in [5.41, 5.74) is 0.827. The number of rotatable bonds is 6. The molecule has 0 spiro atoms. The van der Waals surface area contributed by atoms with Crippen molar-refractivity contribution in [3.8, 4) is 11.5 Å². The van der Waals surface area contributed by atoms with Crippen molar-refractivity contribution < 1.29 is 19.1 Å². The standard InChI is InChI=1S/C17H19N3O4S/c21-14(18-13-4-2-1-3-5-13)10-25-17-20-19-15(24-17)11-6-8-12(9-7-11)16(22)23/h6-9,13H,1-5,10H2,(H,18,21)(H,22,23). The second-order valence-electron chi connectivity index (χ2n) is 5.95. The van der Waals surface area contributed by atoms with Crippen LogP contribution in [0.2, 0.25) is 0 Å². The predicted octanol–water partition coefficient (Wildman–Crippen LogP) is 2.98. The van der Waals surface area contributed by atoms with Gasteiger partial charge >= 0.3 is 5.97 Å². The molecule has 2 aromatic rings. The lowest BCUT2D eigenvalue weighted by atomic mass is 9.95. The van der Waals surface area contributed by atoms with Crippen molar-refractivity contribution in [3.05, 3.63) is 29.8 Å². The summed E-state index contributed by atoms with van der Waals surface area (Å²) in [6.45, 7) is 0. The molecule has 1 saturated carbocycles. The molecule has 25 heavy (non-hydrogen) atoms. The topological polar surface area (TPSA) is 105 Å². The number of nitrogens with zero attached hydrogens (tertiary/aromatic N) is 2. The third-order valence-corrected chi connectivity index (χ3v) is 4.90. The second-order valence-corrected chi connectivity index (χ2v) is 6.87. The second kappa shape index (κ2) is 8.15. The molecule has 3 rings (SSSR count). The van der Waals surface area contributed by atoms with Gasteiger partial charge in [-0.1, -0.05) is 31.0 Å². The van der Waals surface area contributed by atoms with Gasteiger partial charge in [0.05, 0.1) is 11.3 Å². The summed E-state index contributed by atoms with van der Waals surface area (Å²) >= 11 is 1.19. The van der Waals surface area contributed by atoms with Crippen molar-refractivity contribution in [2.24, 2.45) is 0 Å². The number of nitrogens with one attached hydrogen (secondary N) is 1. The summed E-state index contributed by atoms with van der Waals surface area (Å²) in [4.78, 5) is 22.8. The van der Waals surface area contributed by atoms with E-state index >= 15 is 0 Å². The van der Waals surface area contributed by atoms with Crippen molar-refractivity contribution in [2.75, 3.05) is 5.75 Å². The minimum Gasteiger partial charge on any atom is -0.478 e. The highest BCUT2D eigenvalue weighted by atomic mass is 32.2. The third kappa shape index (κ3) is 4.82. The summed E-state index contributed by atoms with van der Waals surface area (Å²) in [6.07, 6.45) is 5.69. The van der Waals surface area contributed by atoms with Crippen LogP contribution in [0, 0.1) is 0 Å². The Morgan fingerprint density at radius 1 is 1.16 bits per heavy atom. The van der Waals surface area contributed by atoms with Gasteiger partial charge in [0.1, 0.15) is 0 Å². The first-order valence-corrected chi connectivity index (χ1v) is 9.20. The number of amides is 1. The van der Waals surface area contributed by atoms with Crippen LogP contribution in [0.3, 0.4) is 0 Å². The monoisotopic (exact) mass is 361 g/mol. The van der Waals surface area contributed by atoms with Crippen LogP contribution in [0.5, 0.6) is 0 Å². The van der Waals surface area contributed by atoms with E-state index in [1.54, 1.807) is 12.1 Å². The molecule has 1 aliphatic carbocycles. The van der Waals surface area contributed by atoms with Gasteiger partial charge in [-0.25, -0.2) is 4.79 Å². The number of carboxylic acids is 1. The molecule has 2 N–H and O–H groups in total. The number of aromatic nitrogens is 2. The summed E-state index contributed by atoms with van der Waals surface area (Å²) in [6, 6.07) is 6.47.